The summed E-state index contributed by atoms with van der Waals surface area (Å²) in [5.74, 6) is 0.644. The summed E-state index contributed by atoms with van der Waals surface area (Å²) >= 11 is 6.20. The molecule has 2 heterocycles. The summed E-state index contributed by atoms with van der Waals surface area (Å²) in [6, 6.07) is 1.83. The molecule has 0 N–H and O–H groups in total. The van der Waals surface area contributed by atoms with E-state index < -0.39 is 0 Å². The highest BCUT2D eigenvalue weighted by Gasteiger charge is 2.26. The molecule has 0 radical (unpaired) electrons. The topological polar surface area (TPSA) is 43.6 Å². The van der Waals surface area contributed by atoms with Gasteiger partial charge in [0.15, 0.2) is 5.82 Å². The number of halogens is 1. The van der Waals surface area contributed by atoms with E-state index in [1.807, 2.05) is 19.3 Å². The lowest BCUT2D eigenvalue weighted by molar-refractivity contribution is 0.553. The van der Waals surface area contributed by atoms with Gasteiger partial charge >= 0.3 is 0 Å². The number of aryl methyl sites for hydroxylation is 1. The highest BCUT2D eigenvalue weighted by molar-refractivity contribution is 6.29. The summed E-state index contributed by atoms with van der Waals surface area (Å²) in [4.78, 5) is 9.12. The maximum absolute atomic E-state index is 6.20. The summed E-state index contributed by atoms with van der Waals surface area (Å²) in [7, 11) is 1.91. The summed E-state index contributed by atoms with van der Waals surface area (Å²) in [6.45, 7) is 12.7. The van der Waals surface area contributed by atoms with Crippen LogP contribution in [0.1, 0.15) is 52.9 Å². The van der Waals surface area contributed by atoms with Gasteiger partial charge in [0.05, 0.1) is 17.0 Å². The molecule has 4 nitrogen and oxygen atoms in total. The summed E-state index contributed by atoms with van der Waals surface area (Å²) in [6.07, 6.45) is 1.96. The number of hydrogen-bond acceptors (Lipinski definition) is 3. The van der Waals surface area contributed by atoms with Gasteiger partial charge in [-0.25, -0.2) is 9.97 Å². The second kappa shape index (κ2) is 5.09. The lowest BCUT2D eigenvalue weighted by Crippen LogP contribution is -2.16. The molecule has 0 atom stereocenters. The Bertz CT molecular complexity index is 660. The van der Waals surface area contributed by atoms with Crippen molar-refractivity contribution in [2.45, 2.75) is 52.4 Å². The molecule has 0 amide bonds. The predicted molar refractivity (Wildman–Crippen MR) is 86.6 cm³/mol. The molecule has 21 heavy (non-hydrogen) atoms. The minimum atomic E-state index is -0.0792. The van der Waals surface area contributed by atoms with E-state index >= 15 is 0 Å². The average Bonchev–Trinajstić information content (AvgIpc) is 2.69. The molecule has 0 aromatic carbocycles. The molecule has 5 heteroatoms. The fourth-order valence-corrected chi connectivity index (χ4v) is 2.31. The first-order chi connectivity index (χ1) is 9.48. The largest absolute Gasteiger partial charge is 0.275 e. The van der Waals surface area contributed by atoms with Gasteiger partial charge in [-0.15, -0.1) is 0 Å². The molecule has 0 aliphatic rings. The van der Waals surface area contributed by atoms with Crippen LogP contribution >= 0.6 is 11.6 Å². The van der Waals surface area contributed by atoms with E-state index in [1.165, 1.54) is 0 Å². The minimum absolute atomic E-state index is 0.0779. The van der Waals surface area contributed by atoms with Crippen molar-refractivity contribution in [1.82, 2.24) is 19.7 Å². The maximum atomic E-state index is 6.20. The van der Waals surface area contributed by atoms with Gasteiger partial charge in [-0.3, -0.25) is 4.68 Å². The maximum Gasteiger partial charge on any atom is 0.164 e. The molecule has 0 aliphatic carbocycles. The van der Waals surface area contributed by atoms with Crippen LogP contribution in [-0.4, -0.2) is 19.7 Å². The molecule has 2 rings (SSSR count). The Balaban J connectivity index is 2.66. The molecule has 0 spiro atoms. The fraction of sp³-hybridized carbons (Fsp3) is 0.562. The molecule has 2 aromatic rings. The van der Waals surface area contributed by atoms with Crippen LogP contribution in [0.15, 0.2) is 12.3 Å². The second-order valence-corrected chi connectivity index (χ2v) is 7.85. The minimum Gasteiger partial charge on any atom is -0.275 e. The molecule has 0 fully saturated rings. The summed E-state index contributed by atoms with van der Waals surface area (Å²) < 4.78 is 1.80. The number of rotatable bonds is 1. The number of aromatic nitrogens is 4. The van der Waals surface area contributed by atoms with E-state index in [0.717, 1.165) is 17.0 Å². The van der Waals surface area contributed by atoms with Crippen LogP contribution in [0.5, 0.6) is 0 Å². The Hall–Kier alpha value is -1.42. The molecule has 0 aliphatic heterocycles. The first-order valence-corrected chi connectivity index (χ1v) is 7.46. The lowest BCUT2D eigenvalue weighted by Gasteiger charge is -2.20. The van der Waals surface area contributed by atoms with Crippen molar-refractivity contribution >= 4 is 11.6 Å². The second-order valence-electron chi connectivity index (χ2n) is 7.46. The van der Waals surface area contributed by atoms with E-state index in [-0.39, 0.29) is 10.8 Å². The molecular formula is C16H23ClN4. The molecule has 0 saturated heterocycles. The molecule has 0 unspecified atom stereocenters. The Morgan fingerprint density at radius 2 is 1.62 bits per heavy atom. The third-order valence-electron chi connectivity index (χ3n) is 3.24. The highest BCUT2D eigenvalue weighted by Crippen LogP contribution is 2.32. The van der Waals surface area contributed by atoms with Gasteiger partial charge in [0.1, 0.15) is 5.15 Å². The molecule has 2 aromatic heterocycles. The Labute approximate surface area is 131 Å². The van der Waals surface area contributed by atoms with Crippen molar-refractivity contribution in [1.29, 1.82) is 0 Å². The van der Waals surface area contributed by atoms with Crippen LogP contribution in [0.3, 0.4) is 0 Å². The van der Waals surface area contributed by atoms with E-state index in [1.54, 1.807) is 4.68 Å². The van der Waals surface area contributed by atoms with Crippen molar-refractivity contribution in [2.24, 2.45) is 7.05 Å². The van der Waals surface area contributed by atoms with Gasteiger partial charge in [0, 0.05) is 24.1 Å². The van der Waals surface area contributed by atoms with Crippen molar-refractivity contribution in [3.05, 3.63) is 28.8 Å². The van der Waals surface area contributed by atoms with Crippen LogP contribution in [0.2, 0.25) is 5.15 Å². The van der Waals surface area contributed by atoms with Gasteiger partial charge in [-0.2, -0.15) is 5.10 Å². The van der Waals surface area contributed by atoms with Crippen LogP contribution < -0.4 is 0 Å². The monoisotopic (exact) mass is 306 g/mol. The molecule has 0 saturated carbocycles. The van der Waals surface area contributed by atoms with Crippen molar-refractivity contribution in [3.8, 4) is 11.4 Å². The first kappa shape index (κ1) is 16.0. The van der Waals surface area contributed by atoms with Crippen molar-refractivity contribution in [3.63, 3.8) is 0 Å². The van der Waals surface area contributed by atoms with Crippen LogP contribution in [0.4, 0.5) is 0 Å². The third kappa shape index (κ3) is 3.43. The third-order valence-corrected chi connectivity index (χ3v) is 3.44. The van der Waals surface area contributed by atoms with Crippen molar-refractivity contribution < 1.29 is 0 Å². The van der Waals surface area contributed by atoms with Gasteiger partial charge in [0.2, 0.25) is 0 Å². The van der Waals surface area contributed by atoms with E-state index in [9.17, 15) is 0 Å². The zero-order valence-electron chi connectivity index (χ0n) is 13.8. The quantitative estimate of drug-likeness (QED) is 0.744. The molecular weight excluding hydrogens is 284 g/mol. The molecule has 114 valence electrons. The van der Waals surface area contributed by atoms with Crippen molar-refractivity contribution in [2.75, 3.05) is 0 Å². The fourth-order valence-electron chi connectivity index (χ4n) is 2.13. The summed E-state index contributed by atoms with van der Waals surface area (Å²) in [5.41, 5.74) is 2.70. The number of nitrogens with zero attached hydrogens (tertiary/aromatic N) is 4. The van der Waals surface area contributed by atoms with Crippen LogP contribution in [-0.2, 0) is 17.9 Å². The normalized spacial score (nSPS) is 12.8. The van der Waals surface area contributed by atoms with Crippen LogP contribution in [0, 0.1) is 0 Å². The Morgan fingerprint density at radius 3 is 2.14 bits per heavy atom. The zero-order chi connectivity index (χ0) is 16.0. The van der Waals surface area contributed by atoms with Gasteiger partial charge < -0.3 is 0 Å². The number of hydrogen-bond donors (Lipinski definition) is 0. The van der Waals surface area contributed by atoms with E-state index in [4.69, 9.17) is 16.6 Å². The zero-order valence-corrected chi connectivity index (χ0v) is 14.6. The Kier molecular flexibility index (Phi) is 3.87. The van der Waals surface area contributed by atoms with Crippen LogP contribution in [0.25, 0.3) is 11.4 Å². The van der Waals surface area contributed by atoms with E-state index in [0.29, 0.717) is 11.0 Å². The summed E-state index contributed by atoms with van der Waals surface area (Å²) in [5, 5.41) is 5.04. The smallest absolute Gasteiger partial charge is 0.164 e. The van der Waals surface area contributed by atoms with Gasteiger partial charge in [0.25, 0.3) is 0 Å². The van der Waals surface area contributed by atoms with Gasteiger partial charge in [-0.1, -0.05) is 53.1 Å². The lowest BCUT2D eigenvalue weighted by atomic mass is 9.89. The predicted octanol–water partition coefficient (Wildman–Crippen LogP) is 4.13. The van der Waals surface area contributed by atoms with E-state index in [2.05, 4.69) is 51.6 Å². The van der Waals surface area contributed by atoms with Gasteiger partial charge in [-0.05, 0) is 6.07 Å². The first-order valence-electron chi connectivity index (χ1n) is 7.08. The molecule has 0 bridgehead atoms. The average molecular weight is 307 g/mol. The SMILES string of the molecule is Cn1cc(-c2nc(Cl)cc(C(C)(C)C)n2)c(C(C)(C)C)n1. The highest BCUT2D eigenvalue weighted by atomic mass is 35.5. The Morgan fingerprint density at radius 1 is 1.00 bits per heavy atom. The standard InChI is InChI=1S/C16H23ClN4/c1-15(2,3)11-8-12(17)19-14(18-11)10-9-21(7)20-13(10)16(4,5)6/h8-9H,1-7H3.